The van der Waals surface area contributed by atoms with Gasteiger partial charge in [-0.3, -0.25) is 9.69 Å². The van der Waals surface area contributed by atoms with Crippen molar-refractivity contribution in [2.75, 3.05) is 26.8 Å². The Morgan fingerprint density at radius 2 is 2.07 bits per heavy atom. The maximum absolute atomic E-state index is 13.0. The van der Waals surface area contributed by atoms with Gasteiger partial charge in [-0.15, -0.1) is 0 Å². The van der Waals surface area contributed by atoms with Crippen LogP contribution in [0.1, 0.15) is 35.1 Å². The quantitative estimate of drug-likeness (QED) is 0.669. The molecule has 5 rings (SSSR count). The van der Waals surface area contributed by atoms with Crippen molar-refractivity contribution >= 4 is 28.5 Å². The molecule has 2 aromatic carbocycles. The molecule has 3 aromatic rings. The number of para-hydroxylation sites is 2. The van der Waals surface area contributed by atoms with Gasteiger partial charge in [-0.05, 0) is 44.2 Å². The van der Waals surface area contributed by atoms with E-state index >= 15 is 0 Å². The smallest absolute Gasteiger partial charge is 0.253 e. The van der Waals surface area contributed by atoms with E-state index in [9.17, 15) is 4.79 Å². The Morgan fingerprint density at radius 1 is 1.23 bits per heavy atom. The van der Waals surface area contributed by atoms with Gasteiger partial charge in [0, 0.05) is 12.6 Å². The van der Waals surface area contributed by atoms with Crippen LogP contribution in [0.25, 0.3) is 11.0 Å². The fourth-order valence-electron chi connectivity index (χ4n) is 4.18. The number of hydrogen-bond acceptors (Lipinski definition) is 5. The second-order valence-corrected chi connectivity index (χ2v) is 8.16. The number of rotatable bonds is 3. The number of carbonyl (C=O) groups excluding carboxylic acids is 1. The SMILES string of the molecule is CN1CCC(NC(=O)c2ccc3c(c2Cl)OCCO3)CC1c1nc2ccccc2[nH]1. The van der Waals surface area contributed by atoms with Gasteiger partial charge in [0.1, 0.15) is 19.0 Å². The van der Waals surface area contributed by atoms with Crippen LogP contribution >= 0.6 is 11.6 Å². The van der Waals surface area contributed by atoms with E-state index in [1.54, 1.807) is 12.1 Å². The minimum atomic E-state index is -0.199. The molecule has 0 bridgehead atoms. The molecule has 30 heavy (non-hydrogen) atoms. The third kappa shape index (κ3) is 3.48. The molecular formula is C22H23ClN4O3. The molecule has 1 fully saturated rings. The Balaban J connectivity index is 1.33. The summed E-state index contributed by atoms with van der Waals surface area (Å²) in [7, 11) is 2.09. The lowest BCUT2D eigenvalue weighted by atomic mass is 9.96. The van der Waals surface area contributed by atoms with Crippen molar-refractivity contribution in [2.24, 2.45) is 0 Å². The Hall–Kier alpha value is -2.77. The molecule has 2 N–H and O–H groups in total. The van der Waals surface area contributed by atoms with E-state index in [1.807, 2.05) is 24.3 Å². The number of piperidine rings is 1. The van der Waals surface area contributed by atoms with Crippen molar-refractivity contribution in [3.8, 4) is 11.5 Å². The van der Waals surface area contributed by atoms with Crippen LogP contribution in [-0.4, -0.2) is 53.6 Å². The van der Waals surface area contributed by atoms with E-state index in [0.717, 1.165) is 36.2 Å². The molecule has 8 heteroatoms. The van der Waals surface area contributed by atoms with Crippen molar-refractivity contribution in [3.05, 3.63) is 52.8 Å². The van der Waals surface area contributed by atoms with Crippen LogP contribution in [-0.2, 0) is 0 Å². The minimum absolute atomic E-state index is 0.0242. The average molecular weight is 427 g/mol. The van der Waals surface area contributed by atoms with Crippen molar-refractivity contribution in [3.63, 3.8) is 0 Å². The first kappa shape index (κ1) is 19.2. The van der Waals surface area contributed by atoms with Gasteiger partial charge in [-0.25, -0.2) is 4.98 Å². The lowest BCUT2D eigenvalue weighted by molar-refractivity contribution is 0.0883. The van der Waals surface area contributed by atoms with Crippen LogP contribution in [0, 0.1) is 0 Å². The van der Waals surface area contributed by atoms with Crippen LogP contribution < -0.4 is 14.8 Å². The number of carbonyl (C=O) groups is 1. The number of H-pyrrole nitrogens is 1. The van der Waals surface area contributed by atoms with E-state index in [-0.39, 0.29) is 18.0 Å². The van der Waals surface area contributed by atoms with Gasteiger partial charge in [-0.1, -0.05) is 23.7 Å². The summed E-state index contributed by atoms with van der Waals surface area (Å²) in [6.07, 6.45) is 1.63. The number of hydrogen-bond donors (Lipinski definition) is 2. The van der Waals surface area contributed by atoms with Crippen molar-refractivity contribution in [1.29, 1.82) is 0 Å². The predicted octanol–water partition coefficient (Wildman–Crippen LogP) is 3.55. The van der Waals surface area contributed by atoms with Gasteiger partial charge in [0.05, 0.1) is 27.7 Å². The van der Waals surface area contributed by atoms with Crippen molar-refractivity contribution in [2.45, 2.75) is 24.9 Å². The van der Waals surface area contributed by atoms with Gasteiger partial charge in [0.2, 0.25) is 0 Å². The zero-order valence-electron chi connectivity index (χ0n) is 16.7. The van der Waals surface area contributed by atoms with Crippen LogP contribution in [0.4, 0.5) is 0 Å². The van der Waals surface area contributed by atoms with Crippen molar-refractivity contribution in [1.82, 2.24) is 20.2 Å². The molecule has 2 atom stereocenters. The van der Waals surface area contributed by atoms with Gasteiger partial charge in [0.15, 0.2) is 11.5 Å². The average Bonchev–Trinajstić information content (AvgIpc) is 3.19. The number of nitrogens with one attached hydrogen (secondary N) is 2. The number of aromatic amines is 1. The zero-order chi connectivity index (χ0) is 20.7. The normalized spacial score (nSPS) is 21.5. The Morgan fingerprint density at radius 3 is 2.93 bits per heavy atom. The van der Waals surface area contributed by atoms with Gasteiger partial charge in [0.25, 0.3) is 5.91 Å². The molecule has 2 aliphatic rings. The third-order valence-electron chi connectivity index (χ3n) is 5.82. The summed E-state index contributed by atoms with van der Waals surface area (Å²) >= 11 is 6.44. The van der Waals surface area contributed by atoms with Gasteiger partial charge >= 0.3 is 0 Å². The van der Waals surface area contributed by atoms with Gasteiger partial charge in [-0.2, -0.15) is 0 Å². The minimum Gasteiger partial charge on any atom is -0.486 e. The van der Waals surface area contributed by atoms with E-state index in [2.05, 4.69) is 22.2 Å². The summed E-state index contributed by atoms with van der Waals surface area (Å²) in [6, 6.07) is 11.6. The van der Waals surface area contributed by atoms with E-state index < -0.39 is 0 Å². The fourth-order valence-corrected chi connectivity index (χ4v) is 4.48. The molecular weight excluding hydrogens is 404 g/mol. The largest absolute Gasteiger partial charge is 0.486 e. The topological polar surface area (TPSA) is 79.5 Å². The molecule has 0 spiro atoms. The summed E-state index contributed by atoms with van der Waals surface area (Å²) in [5, 5.41) is 3.45. The second kappa shape index (κ2) is 7.81. The third-order valence-corrected chi connectivity index (χ3v) is 6.20. The lowest BCUT2D eigenvalue weighted by Crippen LogP contribution is -2.45. The number of aromatic nitrogens is 2. The first-order chi connectivity index (χ1) is 14.6. The molecule has 7 nitrogen and oxygen atoms in total. The van der Waals surface area contributed by atoms with Crippen molar-refractivity contribution < 1.29 is 14.3 Å². The molecule has 0 aliphatic carbocycles. The highest BCUT2D eigenvalue weighted by atomic mass is 35.5. The maximum Gasteiger partial charge on any atom is 0.253 e. The lowest BCUT2D eigenvalue weighted by Gasteiger charge is -2.36. The number of nitrogens with zero attached hydrogens (tertiary/aromatic N) is 2. The second-order valence-electron chi connectivity index (χ2n) is 7.78. The molecule has 1 aromatic heterocycles. The molecule has 2 aliphatic heterocycles. The predicted molar refractivity (Wildman–Crippen MR) is 114 cm³/mol. The highest BCUT2D eigenvalue weighted by Gasteiger charge is 2.31. The molecule has 2 unspecified atom stereocenters. The molecule has 1 amide bonds. The summed E-state index contributed by atoms with van der Waals surface area (Å²) in [5.74, 6) is 1.75. The van der Waals surface area contributed by atoms with E-state index in [1.165, 1.54) is 0 Å². The van der Waals surface area contributed by atoms with Crippen LogP contribution in [0.15, 0.2) is 36.4 Å². The number of halogens is 1. The maximum atomic E-state index is 13.0. The molecule has 3 heterocycles. The van der Waals surface area contributed by atoms with Crippen LogP contribution in [0.5, 0.6) is 11.5 Å². The molecule has 156 valence electrons. The first-order valence-electron chi connectivity index (χ1n) is 10.1. The fraction of sp³-hybridized carbons (Fsp3) is 0.364. The highest BCUT2D eigenvalue weighted by Crippen LogP contribution is 2.39. The Labute approximate surface area is 179 Å². The molecule has 1 saturated heterocycles. The summed E-state index contributed by atoms with van der Waals surface area (Å²) in [6.45, 7) is 1.76. The zero-order valence-corrected chi connectivity index (χ0v) is 17.4. The summed E-state index contributed by atoms with van der Waals surface area (Å²) in [5.41, 5.74) is 2.38. The number of fused-ring (bicyclic) bond motifs is 2. The monoisotopic (exact) mass is 426 g/mol. The first-order valence-corrected chi connectivity index (χ1v) is 10.5. The van der Waals surface area contributed by atoms with Crippen LogP contribution in [0.3, 0.4) is 0 Å². The summed E-state index contributed by atoms with van der Waals surface area (Å²) in [4.78, 5) is 23.4. The number of amides is 1. The number of ether oxygens (including phenoxy) is 2. The number of imidazole rings is 1. The van der Waals surface area contributed by atoms with Crippen LogP contribution in [0.2, 0.25) is 5.02 Å². The number of benzene rings is 2. The Bertz CT molecular complexity index is 1070. The molecule has 0 saturated carbocycles. The molecule has 0 radical (unpaired) electrons. The highest BCUT2D eigenvalue weighted by molar-refractivity contribution is 6.35. The number of likely N-dealkylation sites (tertiary alicyclic amines) is 1. The van der Waals surface area contributed by atoms with E-state index in [0.29, 0.717) is 35.3 Å². The Kier molecular flexibility index (Phi) is 5.00. The van der Waals surface area contributed by atoms with E-state index in [4.69, 9.17) is 26.1 Å². The summed E-state index contributed by atoms with van der Waals surface area (Å²) < 4.78 is 11.1. The standard InChI is InChI=1S/C22H23ClN4O3/c1-27-9-8-13(12-17(27)21-25-15-4-2-3-5-16(15)26-21)24-22(28)14-6-7-18-20(19(14)23)30-11-10-29-18/h2-7,13,17H,8-12H2,1H3,(H,24,28)(H,25,26). The van der Waals surface area contributed by atoms with Gasteiger partial charge < -0.3 is 19.8 Å².